The molecule has 3 fully saturated rings. The maximum Gasteiger partial charge on any atom is 0.340 e. The van der Waals surface area contributed by atoms with Gasteiger partial charge in [-0.2, -0.15) is 0 Å². The average molecular weight is 863 g/mol. The first-order valence-electron chi connectivity index (χ1n) is 22.5. The number of fused-ring (bicyclic) bond motifs is 11. The molecule has 0 bridgehead atoms. The van der Waals surface area contributed by atoms with Gasteiger partial charge in [0.25, 0.3) is 5.91 Å². The number of nitrogens with zero attached hydrogens (tertiary/aromatic N) is 1. The molecule has 0 aromatic heterocycles. The van der Waals surface area contributed by atoms with Crippen LogP contribution in [0.4, 0.5) is 5.69 Å². The predicted molar refractivity (Wildman–Crippen MR) is 239 cm³/mol. The van der Waals surface area contributed by atoms with E-state index in [2.05, 4.69) is 41.0 Å². The SMILES string of the molecule is C[C@]12CC/C(=N/OCC(=O)NCCCCCCCNC(=S)Nc3ccc4c(c3)C(=O)OC43c4ccc(O)cc4Oc4cc(O)ccc43)C=C1CCC1C2CC[C@@]2(C)C1CC[C@H]2O. The summed E-state index contributed by atoms with van der Waals surface area (Å²) >= 11 is 5.56. The molecule has 1 amide bonds. The number of hydrogen-bond acceptors (Lipinski definition) is 10. The van der Waals surface area contributed by atoms with Gasteiger partial charge < -0.3 is 45.6 Å². The van der Waals surface area contributed by atoms with Gasteiger partial charge in [-0.1, -0.05) is 49.9 Å². The summed E-state index contributed by atoms with van der Waals surface area (Å²) < 4.78 is 12.2. The molecule has 3 aromatic rings. The Hall–Kier alpha value is -5.14. The Bertz CT molecular complexity index is 2280. The number of phenolic OH excluding ortho intramolecular Hbond substituents is 2. The molecular weight excluding hydrogens is 805 g/mol. The molecule has 12 nitrogen and oxygen atoms in total. The lowest BCUT2D eigenvalue weighted by molar-refractivity contribution is -0.125. The number of esters is 1. The zero-order chi connectivity index (χ0) is 43.2. The fraction of sp³-hybridized carbons (Fsp3) is 0.510. The normalized spacial score (nSPS) is 27.9. The highest BCUT2D eigenvalue weighted by molar-refractivity contribution is 7.80. The van der Waals surface area contributed by atoms with E-state index < -0.39 is 11.6 Å². The second kappa shape index (κ2) is 16.9. The van der Waals surface area contributed by atoms with Crippen LogP contribution in [0.15, 0.2) is 71.4 Å². The van der Waals surface area contributed by atoms with Crippen LogP contribution in [0.3, 0.4) is 0 Å². The van der Waals surface area contributed by atoms with Crippen LogP contribution in [0.5, 0.6) is 23.0 Å². The molecule has 4 aliphatic carbocycles. The number of thiocarbonyl (C=S) groups is 1. The number of amides is 1. The number of anilines is 1. The molecule has 13 heteroatoms. The fourth-order valence-corrected chi connectivity index (χ4v) is 12.2. The van der Waals surface area contributed by atoms with Crippen molar-refractivity contribution in [2.45, 2.75) is 109 Å². The van der Waals surface area contributed by atoms with Crippen LogP contribution in [0.2, 0.25) is 0 Å². The standard InChI is InChI=1S/C49H58N4O8S/c1-47-20-18-31(24-29(47)8-12-34-36-16-17-43(56)48(36,2)21-19-37(34)47)53-59-28-44(57)50-22-6-4-3-5-7-23-51-46(62)52-30-9-13-38-35(25-30)45(58)61-49(38)39-14-10-32(54)26-41(39)60-42-27-33(55)11-15-40(42)49/h9-11,13-15,24-27,34,36-37,43,54-56H,3-8,12,16-23,28H2,1-2H3,(H,50,57)(H2,51,52,62)/b53-31-/t34?,36?,37?,43-,47+,48+/m1/s1. The van der Waals surface area contributed by atoms with E-state index in [0.29, 0.717) is 75.4 Å². The summed E-state index contributed by atoms with van der Waals surface area (Å²) in [7, 11) is 0. The van der Waals surface area contributed by atoms with Gasteiger partial charge in [-0.3, -0.25) is 4.79 Å². The Kier molecular flexibility index (Phi) is 11.5. The number of carbonyl (C=O) groups excluding carboxylic acids is 2. The Morgan fingerprint density at radius 2 is 1.53 bits per heavy atom. The zero-order valence-corrected chi connectivity index (χ0v) is 36.5. The number of carbonyl (C=O) groups is 2. The maximum atomic E-state index is 13.4. The summed E-state index contributed by atoms with van der Waals surface area (Å²) in [5.74, 6) is 2.01. The monoisotopic (exact) mass is 862 g/mol. The zero-order valence-electron chi connectivity index (χ0n) is 35.6. The third-order valence-corrected chi connectivity index (χ3v) is 15.5. The average Bonchev–Trinajstić information content (AvgIpc) is 3.71. The van der Waals surface area contributed by atoms with Gasteiger partial charge in [0.05, 0.1) is 17.4 Å². The number of hydrogen-bond donors (Lipinski definition) is 6. The number of rotatable bonds is 12. The minimum Gasteiger partial charge on any atom is -0.508 e. The second-order valence-electron chi connectivity index (χ2n) is 18.8. The number of unbranched alkanes of at least 4 members (excludes halogenated alkanes) is 4. The number of aliphatic hydroxyl groups excluding tert-OH is 1. The van der Waals surface area contributed by atoms with Crippen molar-refractivity contribution in [3.8, 4) is 23.0 Å². The molecule has 1 spiro atoms. The molecule has 6 atom stereocenters. The number of benzene rings is 3. The van der Waals surface area contributed by atoms with Crippen molar-refractivity contribution in [1.82, 2.24) is 10.6 Å². The molecule has 0 radical (unpaired) electrons. The Morgan fingerprint density at radius 3 is 2.27 bits per heavy atom. The molecule has 6 N–H and O–H groups in total. The van der Waals surface area contributed by atoms with Crippen LogP contribution < -0.4 is 20.7 Å². The summed E-state index contributed by atoms with van der Waals surface area (Å²) in [6, 6.07) is 14.7. The highest BCUT2D eigenvalue weighted by atomic mass is 32.1. The molecule has 9 rings (SSSR count). The van der Waals surface area contributed by atoms with E-state index in [1.807, 2.05) is 12.1 Å². The first-order chi connectivity index (χ1) is 29.9. The molecular formula is C49H58N4O8S. The van der Waals surface area contributed by atoms with Gasteiger partial charge in [-0.05, 0) is 147 Å². The molecule has 62 heavy (non-hydrogen) atoms. The first kappa shape index (κ1) is 42.2. The van der Waals surface area contributed by atoms with Crippen LogP contribution in [0.1, 0.15) is 124 Å². The summed E-state index contributed by atoms with van der Waals surface area (Å²) in [6.07, 6.45) is 15.7. The molecule has 3 unspecified atom stereocenters. The van der Waals surface area contributed by atoms with Crippen LogP contribution in [0, 0.1) is 28.6 Å². The Balaban J connectivity index is 0.669. The van der Waals surface area contributed by atoms with Gasteiger partial charge in [0.1, 0.15) is 23.0 Å². The number of nitrogens with one attached hydrogen (secondary N) is 3. The molecule has 3 aromatic carbocycles. The largest absolute Gasteiger partial charge is 0.508 e. The van der Waals surface area contributed by atoms with E-state index in [1.165, 1.54) is 49.1 Å². The maximum absolute atomic E-state index is 13.4. The van der Waals surface area contributed by atoms with E-state index in [1.54, 1.807) is 18.2 Å². The summed E-state index contributed by atoms with van der Waals surface area (Å²) in [4.78, 5) is 31.4. The number of aliphatic hydroxyl groups is 1. The molecule has 6 aliphatic rings. The predicted octanol–water partition coefficient (Wildman–Crippen LogP) is 8.72. The number of phenols is 2. The van der Waals surface area contributed by atoms with Crippen molar-refractivity contribution < 1.29 is 39.2 Å². The van der Waals surface area contributed by atoms with Gasteiger partial charge in [-0.25, -0.2) is 4.79 Å². The van der Waals surface area contributed by atoms with E-state index in [4.69, 9.17) is 26.5 Å². The first-order valence-corrected chi connectivity index (χ1v) is 22.9. The van der Waals surface area contributed by atoms with E-state index in [0.717, 1.165) is 69.9 Å². The summed E-state index contributed by atoms with van der Waals surface area (Å²) in [5, 5.41) is 45.3. The van der Waals surface area contributed by atoms with Crippen molar-refractivity contribution >= 4 is 40.6 Å². The topological polar surface area (TPSA) is 171 Å². The highest BCUT2D eigenvalue weighted by Crippen LogP contribution is 2.65. The van der Waals surface area contributed by atoms with E-state index >= 15 is 0 Å². The minimum absolute atomic E-state index is 0.00154. The van der Waals surface area contributed by atoms with Crippen molar-refractivity contribution in [3.63, 3.8) is 0 Å². The van der Waals surface area contributed by atoms with Gasteiger partial charge in [-0.15, -0.1) is 0 Å². The van der Waals surface area contributed by atoms with Crippen molar-refractivity contribution in [2.75, 3.05) is 25.0 Å². The third kappa shape index (κ3) is 7.58. The van der Waals surface area contributed by atoms with E-state index in [-0.39, 0.29) is 40.9 Å². The number of oxime groups is 1. The lowest BCUT2D eigenvalue weighted by Crippen LogP contribution is -2.51. The van der Waals surface area contributed by atoms with Gasteiger partial charge >= 0.3 is 5.97 Å². The number of aromatic hydroxyl groups is 2. The minimum atomic E-state index is -1.32. The van der Waals surface area contributed by atoms with Crippen molar-refractivity contribution in [2.24, 2.45) is 33.7 Å². The smallest absolute Gasteiger partial charge is 0.340 e. The summed E-state index contributed by atoms with van der Waals surface area (Å²) in [6.45, 7) is 6.01. The van der Waals surface area contributed by atoms with Crippen LogP contribution in [-0.2, 0) is 20.0 Å². The van der Waals surface area contributed by atoms with Crippen molar-refractivity contribution in [1.29, 1.82) is 0 Å². The number of allylic oxidation sites excluding steroid dienone is 2. The third-order valence-electron chi connectivity index (χ3n) is 15.3. The van der Waals surface area contributed by atoms with Gasteiger partial charge in [0, 0.05) is 47.6 Å². The summed E-state index contributed by atoms with van der Waals surface area (Å²) in [5.41, 5.74) is 4.17. The van der Waals surface area contributed by atoms with Gasteiger partial charge in [0.2, 0.25) is 0 Å². The van der Waals surface area contributed by atoms with Gasteiger partial charge in [0.15, 0.2) is 17.3 Å². The highest BCUT2D eigenvalue weighted by Gasteiger charge is 2.59. The lowest BCUT2D eigenvalue weighted by atomic mass is 9.47. The van der Waals surface area contributed by atoms with Crippen LogP contribution in [-0.4, -0.2) is 63.8 Å². The Labute approximate surface area is 368 Å². The lowest BCUT2D eigenvalue weighted by Gasteiger charge is -2.57. The second-order valence-corrected chi connectivity index (χ2v) is 19.2. The molecule has 0 saturated heterocycles. The Morgan fingerprint density at radius 1 is 0.839 bits per heavy atom. The molecule has 328 valence electrons. The van der Waals surface area contributed by atoms with E-state index in [9.17, 15) is 24.9 Å². The quantitative estimate of drug-likeness (QED) is 0.0446. The van der Waals surface area contributed by atoms with Crippen molar-refractivity contribution in [3.05, 3.63) is 88.5 Å². The molecule has 2 aliphatic heterocycles. The van der Waals surface area contributed by atoms with Crippen LogP contribution in [0.25, 0.3) is 0 Å². The fourth-order valence-electron chi connectivity index (χ4n) is 12.0. The number of ether oxygens (including phenoxy) is 2. The molecule has 2 heterocycles. The van der Waals surface area contributed by atoms with Crippen LogP contribution >= 0.6 is 12.2 Å². The molecule has 3 saturated carbocycles.